The summed E-state index contributed by atoms with van der Waals surface area (Å²) in [7, 11) is 0. The lowest BCUT2D eigenvalue weighted by molar-refractivity contribution is -0.139. The van der Waals surface area contributed by atoms with E-state index < -0.39 is 23.6 Å². The van der Waals surface area contributed by atoms with Gasteiger partial charge in [0.2, 0.25) is 0 Å². The van der Waals surface area contributed by atoms with Crippen LogP contribution in [0.15, 0.2) is 64.3 Å². The molecule has 4 rings (SSSR count). The van der Waals surface area contributed by atoms with Crippen molar-refractivity contribution in [2.45, 2.75) is 44.7 Å². The van der Waals surface area contributed by atoms with Crippen LogP contribution in [0.25, 0.3) is 0 Å². The number of Topliss-reactive ketones (excluding diaryl/α,β-unsaturated/α-hetero) is 1. The first-order valence-electron chi connectivity index (χ1n) is 10.3. The van der Waals surface area contributed by atoms with Gasteiger partial charge in [-0.1, -0.05) is 18.2 Å². The number of hydrogen-bond acceptors (Lipinski definition) is 5. The Bertz CT molecular complexity index is 1100. The lowest BCUT2D eigenvalue weighted by Gasteiger charge is -2.36. The van der Waals surface area contributed by atoms with Crippen LogP contribution in [0.1, 0.15) is 54.5 Å². The molecule has 2 atom stereocenters. The standard InChI is InChI=1S/C24H22F3NO3S/c1-3-31-23(30)20-13(2)28-17-11-15(19-5-4-10-32-19)12-18(29)22(17)21(20)14-6-8-16(9-7-14)24(25,26)27/h4-10,15,21,28H,3,11-12H2,1-2H3. The fourth-order valence-corrected chi connectivity index (χ4v) is 5.27. The maximum Gasteiger partial charge on any atom is 0.416 e. The number of rotatable bonds is 4. The Balaban J connectivity index is 1.80. The number of ether oxygens (including phenoxy) is 1. The number of carbonyl (C=O) groups is 2. The number of esters is 1. The third kappa shape index (κ3) is 4.11. The van der Waals surface area contributed by atoms with E-state index in [-0.39, 0.29) is 30.3 Å². The third-order valence-corrected chi connectivity index (χ3v) is 6.87. The first-order chi connectivity index (χ1) is 15.2. The quantitative estimate of drug-likeness (QED) is 0.595. The fraction of sp³-hybridized carbons (Fsp3) is 0.333. The van der Waals surface area contributed by atoms with Gasteiger partial charge in [-0.05, 0) is 49.4 Å². The molecule has 1 aromatic carbocycles. The van der Waals surface area contributed by atoms with Crippen LogP contribution >= 0.6 is 11.3 Å². The topological polar surface area (TPSA) is 55.4 Å². The number of halogens is 3. The summed E-state index contributed by atoms with van der Waals surface area (Å²) in [4.78, 5) is 27.3. The van der Waals surface area contributed by atoms with Crippen molar-refractivity contribution >= 4 is 23.1 Å². The van der Waals surface area contributed by atoms with Crippen LogP contribution < -0.4 is 5.32 Å². The molecule has 32 heavy (non-hydrogen) atoms. The number of benzene rings is 1. The molecule has 4 nitrogen and oxygen atoms in total. The van der Waals surface area contributed by atoms with Crippen molar-refractivity contribution in [3.63, 3.8) is 0 Å². The lowest BCUT2D eigenvalue weighted by atomic mass is 9.72. The molecule has 0 saturated carbocycles. The number of thiophene rings is 1. The summed E-state index contributed by atoms with van der Waals surface area (Å²) >= 11 is 1.59. The Hall–Kier alpha value is -2.87. The van der Waals surface area contributed by atoms with Gasteiger partial charge in [0.1, 0.15) is 0 Å². The van der Waals surface area contributed by atoms with Gasteiger partial charge < -0.3 is 10.1 Å². The Morgan fingerprint density at radius 3 is 2.50 bits per heavy atom. The summed E-state index contributed by atoms with van der Waals surface area (Å²) in [6.45, 7) is 3.56. The van der Waals surface area contributed by atoms with Crippen LogP contribution in [0, 0.1) is 0 Å². The highest BCUT2D eigenvalue weighted by Crippen LogP contribution is 2.46. The van der Waals surface area contributed by atoms with Gasteiger partial charge in [-0.15, -0.1) is 11.3 Å². The number of allylic oxidation sites excluding steroid dienone is 3. The van der Waals surface area contributed by atoms with E-state index in [0.717, 1.165) is 22.7 Å². The molecule has 8 heteroatoms. The number of carbonyl (C=O) groups excluding carboxylic acids is 2. The van der Waals surface area contributed by atoms with Crippen LogP contribution in [0.3, 0.4) is 0 Å². The van der Waals surface area contributed by atoms with Gasteiger partial charge >= 0.3 is 12.1 Å². The van der Waals surface area contributed by atoms with E-state index in [1.165, 1.54) is 12.1 Å². The summed E-state index contributed by atoms with van der Waals surface area (Å²) in [5.74, 6) is -1.44. The number of alkyl halides is 3. The first kappa shape index (κ1) is 22.3. The van der Waals surface area contributed by atoms with E-state index >= 15 is 0 Å². The van der Waals surface area contributed by atoms with Crippen LogP contribution in [-0.2, 0) is 20.5 Å². The van der Waals surface area contributed by atoms with Gasteiger partial charge in [0.25, 0.3) is 0 Å². The zero-order valence-electron chi connectivity index (χ0n) is 17.6. The van der Waals surface area contributed by atoms with Crippen LogP contribution in [0.5, 0.6) is 0 Å². The Morgan fingerprint density at radius 2 is 1.91 bits per heavy atom. The number of ketones is 1. The SMILES string of the molecule is CCOC(=O)C1=C(C)NC2=C(C(=O)CC(c3cccs3)C2)C1c1ccc(C(F)(F)F)cc1. The lowest BCUT2D eigenvalue weighted by Crippen LogP contribution is -2.36. The molecule has 1 N–H and O–H groups in total. The fourth-order valence-electron chi connectivity index (χ4n) is 4.44. The molecule has 2 unspecified atom stereocenters. The van der Waals surface area contributed by atoms with E-state index in [1.807, 2.05) is 17.5 Å². The summed E-state index contributed by atoms with van der Waals surface area (Å²) in [5, 5.41) is 5.19. The molecule has 1 aliphatic heterocycles. The van der Waals surface area contributed by atoms with Crippen LogP contribution in [0.4, 0.5) is 13.2 Å². The molecular formula is C24H22F3NO3S. The van der Waals surface area contributed by atoms with E-state index in [0.29, 0.717) is 23.3 Å². The van der Waals surface area contributed by atoms with Gasteiger partial charge in [0.15, 0.2) is 5.78 Å². The van der Waals surface area contributed by atoms with Crippen molar-refractivity contribution in [3.8, 4) is 0 Å². The average Bonchev–Trinajstić information content (AvgIpc) is 3.27. The second kappa shape index (κ2) is 8.58. The van der Waals surface area contributed by atoms with E-state index in [2.05, 4.69) is 5.32 Å². The minimum Gasteiger partial charge on any atom is -0.463 e. The summed E-state index contributed by atoms with van der Waals surface area (Å²) in [5.41, 5.74) is 1.63. The first-order valence-corrected chi connectivity index (χ1v) is 11.2. The van der Waals surface area contributed by atoms with Crippen molar-refractivity contribution in [2.75, 3.05) is 6.61 Å². The van der Waals surface area contributed by atoms with E-state index in [4.69, 9.17) is 4.74 Å². The minimum atomic E-state index is -4.47. The van der Waals surface area contributed by atoms with E-state index in [1.54, 1.807) is 25.2 Å². The van der Waals surface area contributed by atoms with Gasteiger partial charge in [-0.3, -0.25) is 4.79 Å². The van der Waals surface area contributed by atoms with Crippen LogP contribution in [-0.4, -0.2) is 18.4 Å². The predicted molar refractivity (Wildman–Crippen MR) is 115 cm³/mol. The van der Waals surface area contributed by atoms with E-state index in [9.17, 15) is 22.8 Å². The molecule has 1 aliphatic carbocycles. The van der Waals surface area contributed by atoms with Crippen molar-refractivity contribution in [3.05, 3.63) is 80.3 Å². The van der Waals surface area contributed by atoms with Crippen molar-refractivity contribution in [1.29, 1.82) is 0 Å². The molecular weight excluding hydrogens is 439 g/mol. The smallest absolute Gasteiger partial charge is 0.416 e. The maximum atomic E-state index is 13.3. The largest absolute Gasteiger partial charge is 0.463 e. The Kier molecular flexibility index (Phi) is 5.99. The third-order valence-electron chi connectivity index (χ3n) is 5.84. The highest BCUT2D eigenvalue weighted by molar-refractivity contribution is 7.10. The molecule has 2 aromatic rings. The zero-order chi connectivity index (χ0) is 23.0. The number of dihydropyridines is 1. The van der Waals surface area contributed by atoms with Gasteiger partial charge in [-0.2, -0.15) is 13.2 Å². The zero-order valence-corrected chi connectivity index (χ0v) is 18.4. The van der Waals surface area contributed by atoms with Crippen LogP contribution in [0.2, 0.25) is 0 Å². The maximum absolute atomic E-state index is 13.3. The molecule has 0 bridgehead atoms. The second-order valence-electron chi connectivity index (χ2n) is 7.87. The normalized spacial score (nSPS) is 21.3. The molecule has 1 aromatic heterocycles. The highest BCUT2D eigenvalue weighted by Gasteiger charge is 2.42. The van der Waals surface area contributed by atoms with Gasteiger partial charge in [0.05, 0.1) is 17.7 Å². The van der Waals surface area contributed by atoms with Crippen molar-refractivity contribution in [1.82, 2.24) is 5.32 Å². The molecule has 0 amide bonds. The summed E-state index contributed by atoms with van der Waals surface area (Å²) in [6.07, 6.45) is -3.60. The molecule has 0 radical (unpaired) electrons. The number of nitrogens with one attached hydrogen (secondary N) is 1. The number of hydrogen-bond donors (Lipinski definition) is 1. The average molecular weight is 462 g/mol. The Morgan fingerprint density at radius 1 is 1.19 bits per heavy atom. The monoisotopic (exact) mass is 461 g/mol. The summed E-state index contributed by atoms with van der Waals surface area (Å²) < 4.78 is 44.5. The molecule has 0 spiro atoms. The molecule has 2 heterocycles. The van der Waals surface area contributed by atoms with Gasteiger partial charge in [0, 0.05) is 40.1 Å². The highest BCUT2D eigenvalue weighted by atomic mass is 32.1. The minimum absolute atomic E-state index is 0.0268. The predicted octanol–water partition coefficient (Wildman–Crippen LogP) is 5.69. The Labute approximate surface area is 187 Å². The molecule has 2 aliphatic rings. The van der Waals surface area contributed by atoms with Crippen molar-refractivity contribution < 1.29 is 27.5 Å². The van der Waals surface area contributed by atoms with Crippen molar-refractivity contribution in [2.24, 2.45) is 0 Å². The molecule has 168 valence electrons. The van der Waals surface area contributed by atoms with Gasteiger partial charge in [-0.25, -0.2) is 4.79 Å². The summed E-state index contributed by atoms with van der Waals surface area (Å²) in [6, 6.07) is 8.59. The molecule has 0 fully saturated rings. The second-order valence-corrected chi connectivity index (χ2v) is 8.85. The molecule has 0 saturated heterocycles.